The van der Waals surface area contributed by atoms with Gasteiger partial charge >= 0.3 is 5.97 Å². The lowest BCUT2D eigenvalue weighted by Crippen LogP contribution is -2.25. The minimum atomic E-state index is -0.966. The molecule has 6 heteroatoms. The largest absolute Gasteiger partial charge is 0.478 e. The third kappa shape index (κ3) is 4.16. The number of carboxylic acids is 1. The van der Waals surface area contributed by atoms with E-state index in [2.05, 4.69) is 34.3 Å². The van der Waals surface area contributed by atoms with Crippen molar-refractivity contribution in [1.29, 1.82) is 0 Å². The van der Waals surface area contributed by atoms with Gasteiger partial charge in [0.1, 0.15) is 5.56 Å². The number of hydrogen-bond donors (Lipinski definition) is 2. The summed E-state index contributed by atoms with van der Waals surface area (Å²) in [5.74, 6) is -0.605. The van der Waals surface area contributed by atoms with Crippen LogP contribution in [0.25, 0.3) is 0 Å². The van der Waals surface area contributed by atoms with Gasteiger partial charge < -0.3 is 15.3 Å². The summed E-state index contributed by atoms with van der Waals surface area (Å²) in [6, 6.07) is 0. The summed E-state index contributed by atoms with van der Waals surface area (Å²) in [5.41, 5.74) is 1.54. The fraction of sp³-hybridized carbons (Fsp3) is 0.643. The third-order valence-corrected chi connectivity index (χ3v) is 3.51. The fourth-order valence-corrected chi connectivity index (χ4v) is 2.04. The first-order valence-corrected chi connectivity index (χ1v) is 7.04. The quantitative estimate of drug-likeness (QED) is 0.708. The molecule has 0 fully saturated rings. The van der Waals surface area contributed by atoms with Crippen LogP contribution in [-0.2, 0) is 0 Å². The van der Waals surface area contributed by atoms with E-state index in [1.165, 1.54) is 0 Å². The van der Waals surface area contributed by atoms with Gasteiger partial charge in [-0.05, 0) is 45.5 Å². The Labute approximate surface area is 120 Å². The molecular formula is C14H24N4O2. The molecule has 0 aromatic carbocycles. The summed E-state index contributed by atoms with van der Waals surface area (Å²) >= 11 is 0. The summed E-state index contributed by atoms with van der Waals surface area (Å²) in [4.78, 5) is 13.6. The predicted octanol–water partition coefficient (Wildman–Crippen LogP) is 1.94. The Balaban J connectivity index is 2.65. The van der Waals surface area contributed by atoms with E-state index in [-0.39, 0.29) is 5.56 Å². The highest BCUT2D eigenvalue weighted by Gasteiger charge is 2.17. The summed E-state index contributed by atoms with van der Waals surface area (Å²) in [5, 5.41) is 20.3. The second kappa shape index (κ2) is 7.79. The number of hydrogen-bond acceptors (Lipinski definition) is 5. The molecule has 0 saturated heterocycles. The van der Waals surface area contributed by atoms with Crippen molar-refractivity contribution < 1.29 is 9.90 Å². The lowest BCUT2D eigenvalue weighted by Gasteiger charge is -2.18. The maximum Gasteiger partial charge on any atom is 0.339 e. The third-order valence-electron chi connectivity index (χ3n) is 3.51. The van der Waals surface area contributed by atoms with Crippen LogP contribution in [-0.4, -0.2) is 52.4 Å². The molecule has 0 bridgehead atoms. The van der Waals surface area contributed by atoms with Crippen LogP contribution in [0.3, 0.4) is 0 Å². The van der Waals surface area contributed by atoms with E-state index < -0.39 is 5.97 Å². The molecule has 2 N–H and O–H groups in total. The number of anilines is 1. The van der Waals surface area contributed by atoms with Crippen molar-refractivity contribution in [3.05, 3.63) is 16.8 Å². The normalized spacial score (nSPS) is 10.8. The molecule has 0 aliphatic heterocycles. The zero-order valence-corrected chi connectivity index (χ0v) is 12.7. The number of aromatic carboxylic acids is 1. The van der Waals surface area contributed by atoms with Gasteiger partial charge in [-0.3, -0.25) is 0 Å². The lowest BCUT2D eigenvalue weighted by atomic mass is 10.1. The van der Waals surface area contributed by atoms with Crippen molar-refractivity contribution in [3.63, 3.8) is 0 Å². The molecule has 20 heavy (non-hydrogen) atoms. The topological polar surface area (TPSA) is 78.3 Å². The molecule has 6 nitrogen and oxygen atoms in total. The second-order valence-electron chi connectivity index (χ2n) is 4.75. The first-order chi connectivity index (χ1) is 9.51. The lowest BCUT2D eigenvalue weighted by molar-refractivity contribution is 0.0696. The first-order valence-electron chi connectivity index (χ1n) is 7.04. The summed E-state index contributed by atoms with van der Waals surface area (Å²) in [7, 11) is 0. The van der Waals surface area contributed by atoms with Crippen molar-refractivity contribution in [2.24, 2.45) is 0 Å². The predicted molar refractivity (Wildman–Crippen MR) is 79.4 cm³/mol. The first kappa shape index (κ1) is 16.4. The Morgan fingerprint density at radius 3 is 2.45 bits per heavy atom. The van der Waals surface area contributed by atoms with Crippen LogP contribution in [0.15, 0.2) is 0 Å². The van der Waals surface area contributed by atoms with Gasteiger partial charge in [-0.25, -0.2) is 4.79 Å². The standard InChI is InChI=1S/C14H24N4O2/c1-5-18(6-2)9-7-8-15-13-12(14(19)20)10(3)11(4)16-17-13/h5-9H2,1-4H3,(H,15,17)(H,19,20). The molecule has 0 aliphatic carbocycles. The van der Waals surface area contributed by atoms with Crippen LogP contribution in [0, 0.1) is 13.8 Å². The van der Waals surface area contributed by atoms with E-state index in [1.54, 1.807) is 13.8 Å². The minimum absolute atomic E-state index is 0.223. The molecule has 1 rings (SSSR count). The maximum atomic E-state index is 11.3. The Bertz CT molecular complexity index is 459. The van der Waals surface area contributed by atoms with E-state index in [0.717, 1.165) is 26.1 Å². The van der Waals surface area contributed by atoms with Crippen molar-refractivity contribution in [2.45, 2.75) is 34.1 Å². The zero-order valence-electron chi connectivity index (χ0n) is 12.7. The molecule has 0 spiro atoms. The van der Waals surface area contributed by atoms with E-state index >= 15 is 0 Å². The Morgan fingerprint density at radius 1 is 1.25 bits per heavy atom. The van der Waals surface area contributed by atoms with Gasteiger partial charge in [0.05, 0.1) is 5.69 Å². The van der Waals surface area contributed by atoms with Gasteiger partial charge in [-0.2, -0.15) is 5.10 Å². The van der Waals surface area contributed by atoms with E-state index in [1.807, 2.05) is 0 Å². The van der Waals surface area contributed by atoms with Gasteiger partial charge in [-0.1, -0.05) is 13.8 Å². The van der Waals surface area contributed by atoms with Gasteiger partial charge in [0.25, 0.3) is 0 Å². The fourth-order valence-electron chi connectivity index (χ4n) is 2.04. The monoisotopic (exact) mass is 280 g/mol. The van der Waals surface area contributed by atoms with Gasteiger partial charge in [0.15, 0.2) is 5.82 Å². The number of nitrogens with zero attached hydrogens (tertiary/aromatic N) is 3. The number of nitrogens with one attached hydrogen (secondary N) is 1. The number of carboxylic acid groups (broad SMARTS) is 1. The molecule has 0 amide bonds. The minimum Gasteiger partial charge on any atom is -0.478 e. The molecule has 0 atom stereocenters. The molecule has 0 aliphatic rings. The van der Waals surface area contributed by atoms with E-state index in [4.69, 9.17) is 0 Å². The molecule has 0 radical (unpaired) electrons. The van der Waals surface area contributed by atoms with E-state index in [9.17, 15) is 9.90 Å². The maximum absolute atomic E-state index is 11.3. The molecule has 1 aromatic rings. The van der Waals surface area contributed by atoms with Gasteiger partial charge in [0, 0.05) is 6.54 Å². The second-order valence-corrected chi connectivity index (χ2v) is 4.75. The summed E-state index contributed by atoms with van der Waals surface area (Å²) < 4.78 is 0. The van der Waals surface area contributed by atoms with Crippen molar-refractivity contribution in [2.75, 3.05) is 31.5 Å². The average Bonchev–Trinajstić information content (AvgIpc) is 2.42. The van der Waals surface area contributed by atoms with Crippen LogP contribution in [0.5, 0.6) is 0 Å². The Morgan fingerprint density at radius 2 is 1.90 bits per heavy atom. The number of rotatable bonds is 8. The highest BCUT2D eigenvalue weighted by atomic mass is 16.4. The van der Waals surface area contributed by atoms with Crippen molar-refractivity contribution in [1.82, 2.24) is 15.1 Å². The van der Waals surface area contributed by atoms with Crippen molar-refractivity contribution in [3.8, 4) is 0 Å². The summed E-state index contributed by atoms with van der Waals surface area (Å²) in [6.45, 7) is 11.5. The highest BCUT2D eigenvalue weighted by Crippen LogP contribution is 2.18. The molecule has 112 valence electrons. The van der Waals surface area contributed by atoms with Crippen molar-refractivity contribution >= 4 is 11.8 Å². The van der Waals surface area contributed by atoms with Crippen LogP contribution in [0.4, 0.5) is 5.82 Å². The average molecular weight is 280 g/mol. The van der Waals surface area contributed by atoms with Crippen LogP contribution in [0.2, 0.25) is 0 Å². The van der Waals surface area contributed by atoms with Gasteiger partial charge in [-0.15, -0.1) is 5.10 Å². The van der Waals surface area contributed by atoms with E-state index in [0.29, 0.717) is 23.6 Å². The van der Waals surface area contributed by atoms with Crippen LogP contribution < -0.4 is 5.32 Å². The number of aromatic nitrogens is 2. The summed E-state index contributed by atoms with van der Waals surface area (Å²) in [6.07, 6.45) is 0.940. The van der Waals surface area contributed by atoms with Crippen LogP contribution >= 0.6 is 0 Å². The van der Waals surface area contributed by atoms with Gasteiger partial charge in [0.2, 0.25) is 0 Å². The highest BCUT2D eigenvalue weighted by molar-refractivity contribution is 5.94. The zero-order chi connectivity index (χ0) is 15.1. The SMILES string of the molecule is CCN(CC)CCCNc1nnc(C)c(C)c1C(=O)O. The molecule has 0 saturated carbocycles. The van der Waals surface area contributed by atoms with Crippen LogP contribution in [0.1, 0.15) is 41.9 Å². The number of carbonyl (C=O) groups is 1. The molecular weight excluding hydrogens is 256 g/mol. The molecule has 1 aromatic heterocycles. The molecule has 1 heterocycles. The Hall–Kier alpha value is -1.69. The Kier molecular flexibility index (Phi) is 6.38. The smallest absolute Gasteiger partial charge is 0.339 e. The molecule has 0 unspecified atom stereocenters. The number of aryl methyl sites for hydroxylation is 1.